The van der Waals surface area contributed by atoms with Crippen LogP contribution in [0.15, 0.2) is 53.7 Å². The lowest BCUT2D eigenvalue weighted by Gasteiger charge is -2.22. The van der Waals surface area contributed by atoms with Crippen molar-refractivity contribution in [1.82, 2.24) is 9.88 Å². The van der Waals surface area contributed by atoms with Gasteiger partial charge in [0.25, 0.3) is 5.91 Å². The van der Waals surface area contributed by atoms with Crippen molar-refractivity contribution in [2.75, 3.05) is 0 Å². The smallest absolute Gasteiger partial charge is 0.254 e. The van der Waals surface area contributed by atoms with Crippen LogP contribution in [0, 0.1) is 0 Å². The fourth-order valence-electron chi connectivity index (χ4n) is 2.61. The molecule has 1 saturated carbocycles. The monoisotopic (exact) mass is 342 g/mol. The van der Waals surface area contributed by atoms with Crippen molar-refractivity contribution in [3.05, 3.63) is 59.9 Å². The van der Waals surface area contributed by atoms with Crippen LogP contribution in [0.2, 0.25) is 0 Å². The highest BCUT2D eigenvalue weighted by molar-refractivity contribution is 7.85. The maximum Gasteiger partial charge on any atom is 0.254 e. The zero-order valence-corrected chi connectivity index (χ0v) is 14.8. The number of carbonyl (C=O) groups excluding carboxylic acids is 1. The first-order valence-corrected chi connectivity index (χ1v) is 9.48. The molecule has 2 aromatic rings. The van der Waals surface area contributed by atoms with E-state index in [1.54, 1.807) is 36.7 Å². The van der Waals surface area contributed by atoms with Gasteiger partial charge in [-0.1, -0.05) is 19.9 Å². The van der Waals surface area contributed by atoms with Crippen molar-refractivity contribution in [2.24, 2.45) is 0 Å². The summed E-state index contributed by atoms with van der Waals surface area (Å²) in [5.41, 5.74) is 1.69. The van der Waals surface area contributed by atoms with E-state index in [1.165, 1.54) is 0 Å². The Hall–Kier alpha value is -2.01. The van der Waals surface area contributed by atoms with Gasteiger partial charge in [0.1, 0.15) is 0 Å². The highest BCUT2D eigenvalue weighted by atomic mass is 32.2. The lowest BCUT2D eigenvalue weighted by Crippen LogP contribution is -2.32. The molecule has 5 heteroatoms. The summed E-state index contributed by atoms with van der Waals surface area (Å²) in [6.45, 7) is 4.44. The average molecular weight is 342 g/mol. The third-order valence-electron chi connectivity index (χ3n) is 4.09. The number of hydrogen-bond acceptors (Lipinski definition) is 3. The van der Waals surface area contributed by atoms with Gasteiger partial charge in [-0.05, 0) is 48.7 Å². The number of nitrogens with zero attached hydrogens (tertiary/aromatic N) is 2. The van der Waals surface area contributed by atoms with Gasteiger partial charge < -0.3 is 4.90 Å². The van der Waals surface area contributed by atoms with Crippen molar-refractivity contribution < 1.29 is 9.00 Å². The topological polar surface area (TPSA) is 50.3 Å². The molecule has 4 nitrogen and oxygen atoms in total. The fraction of sp³-hybridized carbons (Fsp3) is 0.368. The minimum atomic E-state index is -1.03. The van der Waals surface area contributed by atoms with Crippen LogP contribution in [0.4, 0.5) is 0 Å². The van der Waals surface area contributed by atoms with Gasteiger partial charge in [0.2, 0.25) is 0 Å². The first kappa shape index (κ1) is 16.8. The van der Waals surface area contributed by atoms with Crippen LogP contribution in [0.5, 0.6) is 0 Å². The molecule has 0 radical (unpaired) electrons. The van der Waals surface area contributed by atoms with Gasteiger partial charge in [0.05, 0.1) is 10.8 Å². The van der Waals surface area contributed by atoms with Crippen LogP contribution in [0.1, 0.15) is 42.6 Å². The molecule has 1 heterocycles. The molecule has 126 valence electrons. The van der Waals surface area contributed by atoms with Crippen LogP contribution in [0.3, 0.4) is 0 Å². The van der Waals surface area contributed by atoms with Gasteiger partial charge in [-0.25, -0.2) is 0 Å². The lowest BCUT2D eigenvalue weighted by molar-refractivity contribution is 0.0729. The van der Waals surface area contributed by atoms with Crippen LogP contribution in [-0.4, -0.2) is 31.3 Å². The van der Waals surface area contributed by atoms with Crippen LogP contribution >= 0.6 is 0 Å². The Kier molecular flexibility index (Phi) is 5.09. The Labute approximate surface area is 145 Å². The normalized spacial score (nSPS) is 15.3. The summed E-state index contributed by atoms with van der Waals surface area (Å²) in [4.78, 5) is 19.7. The van der Waals surface area contributed by atoms with E-state index >= 15 is 0 Å². The molecule has 0 bridgehead atoms. The maximum atomic E-state index is 12.9. The summed E-state index contributed by atoms with van der Waals surface area (Å²) in [5, 5.41) is 0.0695. The molecule has 1 atom stereocenters. The van der Waals surface area contributed by atoms with Gasteiger partial charge in [0, 0.05) is 40.7 Å². The molecule has 1 aromatic carbocycles. The molecule has 0 aliphatic heterocycles. The Morgan fingerprint density at radius 1 is 1.25 bits per heavy atom. The second-order valence-electron chi connectivity index (χ2n) is 6.40. The summed E-state index contributed by atoms with van der Waals surface area (Å²) >= 11 is 0. The van der Waals surface area contributed by atoms with Gasteiger partial charge in [-0.15, -0.1) is 0 Å². The molecule has 1 amide bonds. The minimum absolute atomic E-state index is 0.0308. The Morgan fingerprint density at radius 2 is 1.96 bits per heavy atom. The predicted octanol–water partition coefficient (Wildman–Crippen LogP) is 3.40. The standard InChI is InChI=1S/C19H22N2O2S/c1-14(2)24(23)18-9-5-16(6-10-18)19(22)21(17-7-8-17)13-15-4-3-11-20-12-15/h3-6,9-12,14,17H,7-8,13H2,1-2H3/t24-/m0/s1. The highest BCUT2D eigenvalue weighted by Gasteiger charge is 2.33. The number of aromatic nitrogens is 1. The summed E-state index contributed by atoms with van der Waals surface area (Å²) in [6, 6.07) is 11.4. The Balaban J connectivity index is 1.77. The van der Waals surface area contributed by atoms with Crippen LogP contribution < -0.4 is 0 Å². The van der Waals surface area contributed by atoms with E-state index < -0.39 is 10.8 Å². The Morgan fingerprint density at radius 3 is 2.50 bits per heavy atom. The third-order valence-corrected chi connectivity index (χ3v) is 5.68. The summed E-state index contributed by atoms with van der Waals surface area (Å²) in [6.07, 6.45) is 5.65. The number of rotatable bonds is 6. The van der Waals surface area contributed by atoms with E-state index in [-0.39, 0.29) is 11.2 Å². The molecule has 1 fully saturated rings. The van der Waals surface area contributed by atoms with E-state index in [2.05, 4.69) is 4.98 Å². The van der Waals surface area contributed by atoms with Crippen molar-refractivity contribution in [3.8, 4) is 0 Å². The van der Waals surface area contributed by atoms with Crippen LogP contribution in [0.25, 0.3) is 0 Å². The van der Waals surface area contributed by atoms with Crippen molar-refractivity contribution in [1.29, 1.82) is 0 Å². The highest BCUT2D eigenvalue weighted by Crippen LogP contribution is 2.30. The molecule has 0 saturated heterocycles. The average Bonchev–Trinajstić information content (AvgIpc) is 3.44. The minimum Gasteiger partial charge on any atom is -0.331 e. The predicted molar refractivity (Wildman–Crippen MR) is 95.1 cm³/mol. The van der Waals surface area contributed by atoms with E-state index in [0.717, 1.165) is 23.3 Å². The molecular weight excluding hydrogens is 320 g/mol. The third kappa shape index (κ3) is 3.90. The quantitative estimate of drug-likeness (QED) is 0.808. The maximum absolute atomic E-state index is 12.9. The number of amides is 1. The van der Waals surface area contributed by atoms with Crippen LogP contribution in [-0.2, 0) is 17.3 Å². The number of hydrogen-bond donors (Lipinski definition) is 0. The van der Waals surface area contributed by atoms with Crippen molar-refractivity contribution in [3.63, 3.8) is 0 Å². The molecule has 1 aliphatic rings. The van der Waals surface area contributed by atoms with Gasteiger partial charge in [-0.2, -0.15) is 0 Å². The fourth-order valence-corrected chi connectivity index (χ4v) is 3.56. The molecule has 0 spiro atoms. The second kappa shape index (κ2) is 7.26. The van der Waals surface area contributed by atoms with Crippen molar-refractivity contribution in [2.45, 2.75) is 49.4 Å². The second-order valence-corrected chi connectivity index (χ2v) is 8.41. The first-order valence-electron chi connectivity index (χ1n) is 8.27. The van der Waals surface area contributed by atoms with E-state index in [4.69, 9.17) is 0 Å². The summed E-state index contributed by atoms with van der Waals surface area (Å²) in [5.74, 6) is 0.0308. The number of pyridine rings is 1. The summed E-state index contributed by atoms with van der Waals surface area (Å²) < 4.78 is 12.1. The zero-order chi connectivity index (χ0) is 17.1. The Bertz CT molecular complexity index is 725. The molecule has 24 heavy (non-hydrogen) atoms. The molecule has 3 rings (SSSR count). The molecule has 0 unspecified atom stereocenters. The first-order chi connectivity index (χ1) is 11.6. The zero-order valence-electron chi connectivity index (χ0n) is 14.0. The number of benzene rings is 1. The molecular formula is C19H22N2O2S. The SMILES string of the molecule is CC(C)[S@](=O)c1ccc(C(=O)N(Cc2cccnc2)C2CC2)cc1. The van der Waals surface area contributed by atoms with Crippen molar-refractivity contribution >= 4 is 16.7 Å². The van der Waals surface area contributed by atoms with E-state index in [9.17, 15) is 9.00 Å². The largest absolute Gasteiger partial charge is 0.331 e. The van der Waals surface area contributed by atoms with Gasteiger partial charge in [0.15, 0.2) is 0 Å². The van der Waals surface area contributed by atoms with Gasteiger partial charge >= 0.3 is 0 Å². The molecule has 1 aliphatic carbocycles. The molecule has 1 aromatic heterocycles. The summed E-state index contributed by atoms with van der Waals surface area (Å²) in [7, 11) is -1.03. The van der Waals surface area contributed by atoms with E-state index in [1.807, 2.05) is 30.9 Å². The number of carbonyl (C=O) groups is 1. The van der Waals surface area contributed by atoms with Gasteiger partial charge in [-0.3, -0.25) is 14.0 Å². The molecule has 0 N–H and O–H groups in total. The lowest BCUT2D eigenvalue weighted by atomic mass is 10.1. The van der Waals surface area contributed by atoms with E-state index in [0.29, 0.717) is 18.2 Å².